The maximum absolute atomic E-state index is 12.8. The molecular formula is C12H9FN2O2. The van der Waals surface area contributed by atoms with Crippen molar-refractivity contribution in [2.24, 2.45) is 0 Å². The monoisotopic (exact) mass is 232 g/mol. The molecule has 5 heteroatoms. The molecule has 0 bridgehead atoms. The van der Waals surface area contributed by atoms with E-state index in [0.29, 0.717) is 5.69 Å². The number of pyridine rings is 1. The number of phenolic OH excluding ortho intramolecular Hbond substituents is 1. The molecule has 2 N–H and O–H groups in total. The van der Waals surface area contributed by atoms with Crippen LogP contribution in [-0.2, 0) is 0 Å². The topological polar surface area (TPSA) is 62.2 Å². The van der Waals surface area contributed by atoms with Crippen LogP contribution in [-0.4, -0.2) is 16.0 Å². The van der Waals surface area contributed by atoms with Gasteiger partial charge in [0.25, 0.3) is 5.91 Å². The van der Waals surface area contributed by atoms with Crippen molar-refractivity contribution in [3.8, 4) is 5.75 Å². The Labute approximate surface area is 96.7 Å². The number of phenols is 1. The van der Waals surface area contributed by atoms with Crippen molar-refractivity contribution in [2.45, 2.75) is 0 Å². The number of hydrogen-bond donors (Lipinski definition) is 2. The van der Waals surface area contributed by atoms with Crippen LogP contribution in [0.3, 0.4) is 0 Å². The molecule has 0 saturated carbocycles. The van der Waals surface area contributed by atoms with Crippen LogP contribution in [0.15, 0.2) is 42.5 Å². The number of halogens is 1. The first-order valence-electron chi connectivity index (χ1n) is 4.88. The fourth-order valence-corrected chi connectivity index (χ4v) is 1.27. The summed E-state index contributed by atoms with van der Waals surface area (Å²) in [5, 5.41) is 11.6. The van der Waals surface area contributed by atoms with E-state index in [9.17, 15) is 9.18 Å². The number of aromatic nitrogens is 1. The quantitative estimate of drug-likeness (QED) is 0.616. The highest BCUT2D eigenvalue weighted by Gasteiger charge is 2.08. The van der Waals surface area contributed by atoms with Gasteiger partial charge in [0.05, 0.1) is 0 Å². The Morgan fingerprint density at radius 1 is 1.18 bits per heavy atom. The first kappa shape index (κ1) is 11.1. The number of rotatable bonds is 2. The third kappa shape index (κ3) is 2.78. The van der Waals surface area contributed by atoms with Crippen LogP contribution in [0.2, 0.25) is 0 Å². The molecule has 86 valence electrons. The summed E-state index contributed by atoms with van der Waals surface area (Å²) in [6, 6.07) is 9.94. The lowest BCUT2D eigenvalue weighted by atomic mass is 10.3. The molecule has 1 amide bonds. The van der Waals surface area contributed by atoms with Gasteiger partial charge >= 0.3 is 0 Å². The zero-order chi connectivity index (χ0) is 12.3. The summed E-state index contributed by atoms with van der Waals surface area (Å²) in [4.78, 5) is 15.1. The lowest BCUT2D eigenvalue weighted by Gasteiger charge is -2.04. The molecule has 2 aromatic rings. The SMILES string of the molecule is O=C(Nc1ccc(O)cc1)c1cccc(F)n1. The van der Waals surface area contributed by atoms with E-state index >= 15 is 0 Å². The third-order valence-electron chi connectivity index (χ3n) is 2.07. The summed E-state index contributed by atoms with van der Waals surface area (Å²) >= 11 is 0. The van der Waals surface area contributed by atoms with E-state index in [1.807, 2.05) is 0 Å². The maximum Gasteiger partial charge on any atom is 0.274 e. The Bertz CT molecular complexity index is 540. The minimum atomic E-state index is -0.705. The van der Waals surface area contributed by atoms with Crippen LogP contribution in [0, 0.1) is 5.95 Å². The fraction of sp³-hybridized carbons (Fsp3) is 0. The van der Waals surface area contributed by atoms with E-state index in [1.165, 1.54) is 36.4 Å². The van der Waals surface area contributed by atoms with Crippen LogP contribution in [0.25, 0.3) is 0 Å². The van der Waals surface area contributed by atoms with Gasteiger partial charge in [-0.1, -0.05) is 6.07 Å². The Morgan fingerprint density at radius 2 is 1.88 bits per heavy atom. The van der Waals surface area contributed by atoms with Crippen molar-refractivity contribution in [1.29, 1.82) is 0 Å². The van der Waals surface area contributed by atoms with Crippen LogP contribution in [0.5, 0.6) is 5.75 Å². The molecule has 0 radical (unpaired) electrons. The Morgan fingerprint density at radius 3 is 2.53 bits per heavy atom. The van der Waals surface area contributed by atoms with E-state index < -0.39 is 11.9 Å². The molecule has 0 aliphatic heterocycles. The standard InChI is InChI=1S/C12H9FN2O2/c13-11-3-1-2-10(15-11)12(17)14-8-4-6-9(16)7-5-8/h1-7,16H,(H,14,17). The number of carbonyl (C=O) groups excluding carboxylic acids is 1. The number of carbonyl (C=O) groups is 1. The number of anilines is 1. The summed E-state index contributed by atoms with van der Waals surface area (Å²) in [5.41, 5.74) is 0.497. The largest absolute Gasteiger partial charge is 0.508 e. The van der Waals surface area contributed by atoms with E-state index in [-0.39, 0.29) is 11.4 Å². The molecule has 1 aromatic heterocycles. The van der Waals surface area contributed by atoms with Crippen LogP contribution < -0.4 is 5.32 Å². The molecular weight excluding hydrogens is 223 g/mol. The van der Waals surface area contributed by atoms with E-state index in [1.54, 1.807) is 0 Å². The normalized spacial score (nSPS) is 9.94. The molecule has 0 saturated heterocycles. The Kier molecular flexibility index (Phi) is 3.00. The summed E-state index contributed by atoms with van der Waals surface area (Å²) in [6.07, 6.45) is 0. The molecule has 1 aromatic carbocycles. The molecule has 0 spiro atoms. The molecule has 0 unspecified atom stereocenters. The number of aromatic hydroxyl groups is 1. The number of benzene rings is 1. The van der Waals surface area contributed by atoms with Crippen molar-refractivity contribution in [1.82, 2.24) is 4.98 Å². The third-order valence-corrected chi connectivity index (χ3v) is 2.07. The van der Waals surface area contributed by atoms with Crippen molar-refractivity contribution >= 4 is 11.6 Å². The first-order valence-corrected chi connectivity index (χ1v) is 4.88. The molecule has 4 nitrogen and oxygen atoms in total. The van der Waals surface area contributed by atoms with Gasteiger partial charge in [0.15, 0.2) is 0 Å². The second-order valence-electron chi connectivity index (χ2n) is 3.35. The molecule has 1 heterocycles. The Hall–Kier alpha value is -2.43. The molecule has 0 atom stereocenters. The number of amides is 1. The van der Waals surface area contributed by atoms with E-state index in [0.717, 1.165) is 6.07 Å². The van der Waals surface area contributed by atoms with E-state index in [2.05, 4.69) is 10.3 Å². The Balaban J connectivity index is 2.14. The number of nitrogens with zero attached hydrogens (tertiary/aromatic N) is 1. The smallest absolute Gasteiger partial charge is 0.274 e. The van der Waals surface area contributed by atoms with Crippen molar-refractivity contribution in [3.05, 3.63) is 54.1 Å². The molecule has 0 aliphatic carbocycles. The van der Waals surface area contributed by atoms with Gasteiger partial charge in [0.2, 0.25) is 5.95 Å². The van der Waals surface area contributed by atoms with Crippen molar-refractivity contribution < 1.29 is 14.3 Å². The maximum atomic E-state index is 12.8. The summed E-state index contributed by atoms with van der Waals surface area (Å²) in [5.74, 6) is -1.11. The highest BCUT2D eigenvalue weighted by atomic mass is 19.1. The van der Waals surface area contributed by atoms with Crippen LogP contribution in [0.1, 0.15) is 10.5 Å². The van der Waals surface area contributed by atoms with Crippen molar-refractivity contribution in [3.63, 3.8) is 0 Å². The summed E-state index contributed by atoms with van der Waals surface area (Å²) in [7, 11) is 0. The zero-order valence-corrected chi connectivity index (χ0v) is 8.72. The summed E-state index contributed by atoms with van der Waals surface area (Å²) < 4.78 is 12.8. The van der Waals surface area contributed by atoms with Gasteiger partial charge in [0.1, 0.15) is 11.4 Å². The van der Waals surface area contributed by atoms with Crippen LogP contribution >= 0.6 is 0 Å². The van der Waals surface area contributed by atoms with Gasteiger partial charge in [-0.2, -0.15) is 4.39 Å². The fourth-order valence-electron chi connectivity index (χ4n) is 1.27. The minimum absolute atomic E-state index is 0.00178. The zero-order valence-electron chi connectivity index (χ0n) is 8.72. The molecule has 0 aliphatic rings. The van der Waals surface area contributed by atoms with Crippen LogP contribution in [0.4, 0.5) is 10.1 Å². The predicted octanol–water partition coefficient (Wildman–Crippen LogP) is 2.18. The first-order chi connectivity index (χ1) is 8.15. The highest BCUT2D eigenvalue weighted by Crippen LogP contribution is 2.14. The predicted molar refractivity (Wildman–Crippen MR) is 60.3 cm³/mol. The van der Waals surface area contributed by atoms with Gasteiger partial charge in [-0.15, -0.1) is 0 Å². The van der Waals surface area contributed by atoms with Gasteiger partial charge in [0, 0.05) is 5.69 Å². The average molecular weight is 232 g/mol. The molecule has 2 rings (SSSR count). The average Bonchev–Trinajstić information content (AvgIpc) is 2.32. The molecule has 0 fully saturated rings. The lowest BCUT2D eigenvalue weighted by molar-refractivity contribution is 0.102. The van der Waals surface area contributed by atoms with Gasteiger partial charge < -0.3 is 10.4 Å². The lowest BCUT2D eigenvalue weighted by Crippen LogP contribution is -2.13. The highest BCUT2D eigenvalue weighted by molar-refractivity contribution is 6.02. The second-order valence-corrected chi connectivity index (χ2v) is 3.35. The number of nitrogens with one attached hydrogen (secondary N) is 1. The summed E-state index contributed by atoms with van der Waals surface area (Å²) in [6.45, 7) is 0. The number of hydrogen-bond acceptors (Lipinski definition) is 3. The van der Waals surface area contributed by atoms with Crippen molar-refractivity contribution in [2.75, 3.05) is 5.32 Å². The van der Waals surface area contributed by atoms with E-state index in [4.69, 9.17) is 5.11 Å². The second kappa shape index (κ2) is 4.61. The van der Waals surface area contributed by atoms with Gasteiger partial charge in [-0.3, -0.25) is 4.79 Å². The minimum Gasteiger partial charge on any atom is -0.508 e. The van der Waals surface area contributed by atoms with Gasteiger partial charge in [-0.25, -0.2) is 4.98 Å². The molecule has 17 heavy (non-hydrogen) atoms. The van der Waals surface area contributed by atoms with Gasteiger partial charge in [-0.05, 0) is 36.4 Å².